The summed E-state index contributed by atoms with van der Waals surface area (Å²) in [5.74, 6) is -0.224. The molecule has 0 amide bonds. The molecule has 2 rings (SSSR count). The zero-order valence-electron chi connectivity index (χ0n) is 10.8. The van der Waals surface area contributed by atoms with Gasteiger partial charge >= 0.3 is 119 Å². The first-order chi connectivity index (χ1) is 9.25. The fourth-order valence-electron chi connectivity index (χ4n) is 1.75. The second kappa shape index (κ2) is 7.13. The van der Waals surface area contributed by atoms with Crippen LogP contribution in [-0.4, -0.2) is 20.9 Å². The number of rotatable bonds is 5. The number of esters is 1. The predicted molar refractivity (Wildman–Crippen MR) is 77.6 cm³/mol. The van der Waals surface area contributed by atoms with E-state index in [0.29, 0.717) is 15.0 Å². The summed E-state index contributed by atoms with van der Waals surface area (Å²) in [5, 5.41) is 0.862. The molecule has 0 N–H and O–H groups in total. The van der Waals surface area contributed by atoms with Crippen molar-refractivity contribution in [3.63, 3.8) is 0 Å². The van der Waals surface area contributed by atoms with E-state index in [1.807, 2.05) is 48.5 Å². The van der Waals surface area contributed by atoms with E-state index in [4.69, 9.17) is 4.74 Å². The third-order valence-corrected chi connectivity index (χ3v) is 4.88. The molecule has 0 bridgehead atoms. The van der Waals surface area contributed by atoms with Gasteiger partial charge in [-0.1, -0.05) is 0 Å². The first-order valence-electron chi connectivity index (χ1n) is 6.16. The molecule has 0 aliphatic carbocycles. The second-order valence-corrected chi connectivity index (χ2v) is 6.43. The van der Waals surface area contributed by atoms with E-state index in [1.54, 1.807) is 0 Å². The third-order valence-electron chi connectivity index (χ3n) is 2.62. The number of benzene rings is 2. The molecule has 0 aliphatic heterocycles. The summed E-state index contributed by atoms with van der Waals surface area (Å²) in [4.78, 5) is 11.2. The van der Waals surface area contributed by atoms with Gasteiger partial charge in [-0.05, 0) is 0 Å². The Morgan fingerprint density at radius 3 is 2.21 bits per heavy atom. The van der Waals surface area contributed by atoms with Crippen LogP contribution in [0.25, 0.3) is 0 Å². The molecule has 0 aliphatic rings. The standard InChI is InChI=1S/C16H16O2Se/c1-13(17)18-16(14-8-4-2-5-9-14)12-19-15-10-6-3-7-11-15/h2-11,16H,12H2,1H3/t16-/m0/s1. The number of hydrogen-bond acceptors (Lipinski definition) is 2. The molecule has 2 nitrogen and oxygen atoms in total. The normalized spacial score (nSPS) is 11.8. The Balaban J connectivity index is 2.04. The maximum atomic E-state index is 11.2. The molecule has 1 atom stereocenters. The van der Waals surface area contributed by atoms with Crippen LogP contribution < -0.4 is 4.46 Å². The summed E-state index contributed by atoms with van der Waals surface area (Å²) >= 11 is 0.303. The Kier molecular flexibility index (Phi) is 5.19. The van der Waals surface area contributed by atoms with Crippen molar-refractivity contribution in [3.05, 3.63) is 66.2 Å². The van der Waals surface area contributed by atoms with Gasteiger partial charge in [-0.3, -0.25) is 0 Å². The Labute approximate surface area is 120 Å². The average molecular weight is 319 g/mol. The van der Waals surface area contributed by atoms with Gasteiger partial charge in [0.2, 0.25) is 0 Å². The van der Waals surface area contributed by atoms with Crippen LogP contribution in [0.3, 0.4) is 0 Å². The van der Waals surface area contributed by atoms with Crippen LogP contribution in [0.1, 0.15) is 18.6 Å². The Hall–Kier alpha value is -1.57. The number of ether oxygens (including phenoxy) is 1. The van der Waals surface area contributed by atoms with Crippen LogP contribution in [0, 0.1) is 0 Å². The molecule has 0 radical (unpaired) electrons. The number of carbonyl (C=O) groups excluding carboxylic acids is 1. The zero-order chi connectivity index (χ0) is 13.5. The van der Waals surface area contributed by atoms with E-state index >= 15 is 0 Å². The molecule has 3 heteroatoms. The van der Waals surface area contributed by atoms with Gasteiger partial charge in [0.15, 0.2) is 0 Å². The van der Waals surface area contributed by atoms with E-state index in [2.05, 4.69) is 12.1 Å². The van der Waals surface area contributed by atoms with Gasteiger partial charge < -0.3 is 0 Å². The second-order valence-electron chi connectivity index (χ2n) is 4.13. The van der Waals surface area contributed by atoms with Gasteiger partial charge in [-0.15, -0.1) is 0 Å². The van der Waals surface area contributed by atoms with Crippen molar-refractivity contribution in [2.75, 3.05) is 0 Å². The quantitative estimate of drug-likeness (QED) is 0.626. The van der Waals surface area contributed by atoms with Gasteiger partial charge in [-0.2, -0.15) is 0 Å². The predicted octanol–water partition coefficient (Wildman–Crippen LogP) is 2.74. The monoisotopic (exact) mass is 320 g/mol. The number of carbonyl (C=O) groups is 1. The van der Waals surface area contributed by atoms with Crippen molar-refractivity contribution >= 4 is 25.4 Å². The van der Waals surface area contributed by atoms with Gasteiger partial charge in [0.25, 0.3) is 0 Å². The minimum absolute atomic E-state index is 0.140. The summed E-state index contributed by atoms with van der Waals surface area (Å²) < 4.78 is 6.76. The number of hydrogen-bond donors (Lipinski definition) is 0. The zero-order valence-corrected chi connectivity index (χ0v) is 12.5. The Bertz CT molecular complexity index is 511. The summed E-state index contributed by atoms with van der Waals surface area (Å²) in [5.41, 5.74) is 1.07. The van der Waals surface area contributed by atoms with Crippen molar-refractivity contribution in [1.29, 1.82) is 0 Å². The molecule has 0 unspecified atom stereocenters. The van der Waals surface area contributed by atoms with Crippen molar-refractivity contribution in [2.45, 2.75) is 18.3 Å². The minimum atomic E-state index is -0.224. The first kappa shape index (κ1) is 13.9. The molecule has 0 aromatic heterocycles. The SMILES string of the molecule is CC(=O)O[C@@H](C[Se]c1ccccc1)c1ccccc1. The fourth-order valence-corrected chi connectivity index (χ4v) is 3.76. The maximum absolute atomic E-state index is 11.2. The molecular formula is C16H16O2Se. The molecule has 2 aromatic rings. The van der Waals surface area contributed by atoms with Crippen LogP contribution in [0.15, 0.2) is 60.7 Å². The van der Waals surface area contributed by atoms with Gasteiger partial charge in [0.05, 0.1) is 0 Å². The van der Waals surface area contributed by atoms with E-state index < -0.39 is 0 Å². The molecule has 98 valence electrons. The van der Waals surface area contributed by atoms with Crippen molar-refractivity contribution in [1.82, 2.24) is 0 Å². The molecule has 2 aromatic carbocycles. The molecule has 19 heavy (non-hydrogen) atoms. The van der Waals surface area contributed by atoms with Crippen molar-refractivity contribution < 1.29 is 9.53 Å². The summed E-state index contributed by atoms with van der Waals surface area (Å²) in [6, 6.07) is 20.3. The van der Waals surface area contributed by atoms with E-state index in [9.17, 15) is 4.79 Å². The first-order valence-corrected chi connectivity index (χ1v) is 8.22. The van der Waals surface area contributed by atoms with Crippen molar-refractivity contribution in [3.8, 4) is 0 Å². The Morgan fingerprint density at radius 1 is 1.05 bits per heavy atom. The van der Waals surface area contributed by atoms with E-state index in [0.717, 1.165) is 10.9 Å². The van der Waals surface area contributed by atoms with Crippen LogP contribution in [0.5, 0.6) is 0 Å². The van der Waals surface area contributed by atoms with Gasteiger partial charge in [0.1, 0.15) is 0 Å². The topological polar surface area (TPSA) is 26.3 Å². The van der Waals surface area contributed by atoms with Crippen molar-refractivity contribution in [2.24, 2.45) is 0 Å². The molecule has 0 heterocycles. The summed E-state index contributed by atoms with van der Waals surface area (Å²) in [6.07, 6.45) is -0.140. The third kappa shape index (κ3) is 4.55. The molecule has 0 fully saturated rings. The van der Waals surface area contributed by atoms with Gasteiger partial charge in [-0.25, -0.2) is 0 Å². The van der Waals surface area contributed by atoms with Crippen LogP contribution >= 0.6 is 0 Å². The average Bonchev–Trinajstić information content (AvgIpc) is 2.45. The van der Waals surface area contributed by atoms with Crippen LogP contribution in [-0.2, 0) is 9.53 Å². The summed E-state index contributed by atoms with van der Waals surface area (Å²) in [6.45, 7) is 1.46. The fraction of sp³-hybridized carbons (Fsp3) is 0.188. The molecule has 0 saturated carbocycles. The molecule has 0 spiro atoms. The van der Waals surface area contributed by atoms with E-state index in [1.165, 1.54) is 11.4 Å². The van der Waals surface area contributed by atoms with Crippen LogP contribution in [0.2, 0.25) is 5.32 Å². The van der Waals surface area contributed by atoms with E-state index in [-0.39, 0.29) is 12.1 Å². The molecule has 0 saturated heterocycles. The molecular weight excluding hydrogens is 303 g/mol. The summed E-state index contributed by atoms with van der Waals surface area (Å²) in [7, 11) is 0. The van der Waals surface area contributed by atoms with Crippen LogP contribution in [0.4, 0.5) is 0 Å². The van der Waals surface area contributed by atoms with Gasteiger partial charge in [0, 0.05) is 0 Å². The Morgan fingerprint density at radius 2 is 1.63 bits per heavy atom.